The highest BCUT2D eigenvalue weighted by atomic mass is 15.3. The van der Waals surface area contributed by atoms with Crippen LogP contribution < -0.4 is 15.5 Å². The highest BCUT2D eigenvalue weighted by Gasteiger charge is 2.25. The number of likely N-dealkylation sites (N-methyl/N-ethyl adjacent to an activating group) is 2. The Balaban J connectivity index is 2.43. The second-order valence-electron chi connectivity index (χ2n) is 4.56. The molecule has 0 fully saturated rings. The molecule has 2 rings (SSSR count). The maximum atomic E-state index is 5.82. The lowest BCUT2D eigenvalue weighted by Crippen LogP contribution is -2.49. The van der Waals surface area contributed by atoms with Crippen molar-refractivity contribution in [3.05, 3.63) is 23.8 Å². The van der Waals surface area contributed by atoms with E-state index in [1.165, 1.54) is 16.9 Å². The van der Waals surface area contributed by atoms with Crippen molar-refractivity contribution in [2.75, 3.05) is 37.0 Å². The van der Waals surface area contributed by atoms with Gasteiger partial charge in [-0.05, 0) is 24.1 Å². The van der Waals surface area contributed by atoms with Crippen LogP contribution in [0.3, 0.4) is 0 Å². The number of nitrogens with two attached hydrogens (primary N) is 1. The monoisotopic (exact) mass is 219 g/mol. The lowest BCUT2D eigenvalue weighted by molar-refractivity contribution is 0.609. The Hall–Kier alpha value is -1.22. The third-order valence-electron chi connectivity index (χ3n) is 3.54. The molecule has 0 radical (unpaired) electrons. The molecule has 0 spiro atoms. The topological polar surface area (TPSA) is 32.5 Å². The van der Waals surface area contributed by atoms with Crippen LogP contribution in [0.4, 0.5) is 11.4 Å². The minimum Gasteiger partial charge on any atom is -0.371 e. The molecule has 88 valence electrons. The zero-order chi connectivity index (χ0) is 11.7. The minimum absolute atomic E-state index is 0.421. The van der Waals surface area contributed by atoms with Crippen LogP contribution in [-0.4, -0.2) is 33.2 Å². The maximum absolute atomic E-state index is 5.82. The normalized spacial score (nSPS) is 19.9. The second kappa shape index (κ2) is 4.34. The number of hydrogen-bond acceptors (Lipinski definition) is 3. The van der Waals surface area contributed by atoms with Crippen LogP contribution in [0.15, 0.2) is 18.2 Å². The van der Waals surface area contributed by atoms with Gasteiger partial charge >= 0.3 is 0 Å². The predicted octanol–water partition coefficient (Wildman–Crippen LogP) is 1.46. The SMILES string of the molecule is CCc1ccc2c(c1)N(C)C(CN)CN2C. The molecule has 3 nitrogen and oxygen atoms in total. The van der Waals surface area contributed by atoms with Gasteiger partial charge in [-0.1, -0.05) is 13.0 Å². The molecule has 0 bridgehead atoms. The zero-order valence-electron chi connectivity index (χ0n) is 10.4. The summed E-state index contributed by atoms with van der Waals surface area (Å²) in [6.07, 6.45) is 1.08. The molecule has 1 aromatic rings. The van der Waals surface area contributed by atoms with E-state index in [2.05, 4.69) is 49.0 Å². The Morgan fingerprint density at radius 3 is 2.69 bits per heavy atom. The van der Waals surface area contributed by atoms with Crippen molar-refractivity contribution >= 4 is 11.4 Å². The molecule has 0 aromatic heterocycles. The fraction of sp³-hybridized carbons (Fsp3) is 0.538. The summed E-state index contributed by atoms with van der Waals surface area (Å²) in [5.74, 6) is 0. The molecule has 0 saturated heterocycles. The van der Waals surface area contributed by atoms with Gasteiger partial charge in [0.2, 0.25) is 0 Å². The highest BCUT2D eigenvalue weighted by Crippen LogP contribution is 2.34. The molecule has 1 heterocycles. The molecule has 2 N–H and O–H groups in total. The molecular weight excluding hydrogens is 198 g/mol. The number of hydrogen-bond donors (Lipinski definition) is 1. The van der Waals surface area contributed by atoms with E-state index in [1.807, 2.05) is 0 Å². The lowest BCUT2D eigenvalue weighted by atomic mass is 10.0. The molecule has 0 amide bonds. The third-order valence-corrected chi connectivity index (χ3v) is 3.54. The van der Waals surface area contributed by atoms with E-state index in [0.29, 0.717) is 12.6 Å². The van der Waals surface area contributed by atoms with Gasteiger partial charge < -0.3 is 15.5 Å². The Bertz CT molecular complexity index is 375. The fourth-order valence-corrected chi connectivity index (χ4v) is 2.36. The van der Waals surface area contributed by atoms with Crippen LogP contribution in [0.25, 0.3) is 0 Å². The second-order valence-corrected chi connectivity index (χ2v) is 4.56. The molecule has 16 heavy (non-hydrogen) atoms. The number of fused-ring (bicyclic) bond motifs is 1. The molecule has 1 aromatic carbocycles. The first-order valence-electron chi connectivity index (χ1n) is 5.94. The average Bonchev–Trinajstić information content (AvgIpc) is 2.33. The van der Waals surface area contributed by atoms with Gasteiger partial charge in [0.05, 0.1) is 17.4 Å². The summed E-state index contributed by atoms with van der Waals surface area (Å²) in [6.45, 7) is 3.90. The number of anilines is 2. The van der Waals surface area contributed by atoms with Crippen LogP contribution in [-0.2, 0) is 6.42 Å². The molecule has 1 atom stereocenters. The Morgan fingerprint density at radius 2 is 2.06 bits per heavy atom. The summed E-state index contributed by atoms with van der Waals surface area (Å²) < 4.78 is 0. The molecule has 0 aliphatic carbocycles. The molecule has 3 heteroatoms. The first kappa shape index (κ1) is 11.3. The van der Waals surface area contributed by atoms with Gasteiger partial charge in [-0.2, -0.15) is 0 Å². The standard InChI is InChI=1S/C13H21N3/c1-4-10-5-6-12-13(7-10)16(3)11(8-14)9-15(12)2/h5-7,11H,4,8-9,14H2,1-3H3. The van der Waals surface area contributed by atoms with Crippen molar-refractivity contribution in [1.82, 2.24) is 0 Å². The molecule has 1 aliphatic rings. The first-order chi connectivity index (χ1) is 7.67. The van der Waals surface area contributed by atoms with E-state index in [9.17, 15) is 0 Å². The maximum Gasteiger partial charge on any atom is 0.0607 e. The third kappa shape index (κ3) is 1.76. The quantitative estimate of drug-likeness (QED) is 0.817. The van der Waals surface area contributed by atoms with Gasteiger partial charge in [-0.15, -0.1) is 0 Å². The van der Waals surface area contributed by atoms with Gasteiger partial charge in [-0.25, -0.2) is 0 Å². The number of rotatable bonds is 2. The van der Waals surface area contributed by atoms with E-state index in [0.717, 1.165) is 13.0 Å². The summed E-state index contributed by atoms with van der Waals surface area (Å²) in [5, 5.41) is 0. The Kier molecular flexibility index (Phi) is 3.06. The van der Waals surface area contributed by atoms with Crippen molar-refractivity contribution in [1.29, 1.82) is 0 Å². The largest absolute Gasteiger partial charge is 0.371 e. The van der Waals surface area contributed by atoms with E-state index in [-0.39, 0.29) is 0 Å². The van der Waals surface area contributed by atoms with Crippen LogP contribution in [0.5, 0.6) is 0 Å². The van der Waals surface area contributed by atoms with Crippen molar-refractivity contribution < 1.29 is 0 Å². The van der Waals surface area contributed by atoms with Crippen molar-refractivity contribution in [3.8, 4) is 0 Å². The van der Waals surface area contributed by atoms with Gasteiger partial charge in [0.25, 0.3) is 0 Å². The molecular formula is C13H21N3. The van der Waals surface area contributed by atoms with Crippen molar-refractivity contribution in [3.63, 3.8) is 0 Å². The first-order valence-corrected chi connectivity index (χ1v) is 5.94. The van der Waals surface area contributed by atoms with E-state index in [1.54, 1.807) is 0 Å². The smallest absolute Gasteiger partial charge is 0.0607 e. The number of nitrogens with zero attached hydrogens (tertiary/aromatic N) is 2. The highest BCUT2D eigenvalue weighted by molar-refractivity contribution is 5.74. The van der Waals surface area contributed by atoms with E-state index in [4.69, 9.17) is 5.73 Å². The predicted molar refractivity (Wildman–Crippen MR) is 70.3 cm³/mol. The average molecular weight is 219 g/mol. The summed E-state index contributed by atoms with van der Waals surface area (Å²) >= 11 is 0. The molecule has 1 aliphatic heterocycles. The van der Waals surface area contributed by atoms with E-state index >= 15 is 0 Å². The summed E-state index contributed by atoms with van der Waals surface area (Å²) in [5.41, 5.74) is 9.82. The van der Waals surface area contributed by atoms with Gasteiger partial charge in [0.15, 0.2) is 0 Å². The van der Waals surface area contributed by atoms with Crippen LogP contribution >= 0.6 is 0 Å². The van der Waals surface area contributed by atoms with Gasteiger partial charge in [-0.3, -0.25) is 0 Å². The molecule has 0 saturated carbocycles. The van der Waals surface area contributed by atoms with Crippen LogP contribution in [0.2, 0.25) is 0 Å². The van der Waals surface area contributed by atoms with Crippen LogP contribution in [0.1, 0.15) is 12.5 Å². The van der Waals surface area contributed by atoms with Gasteiger partial charge in [0, 0.05) is 27.2 Å². The Morgan fingerprint density at radius 1 is 1.31 bits per heavy atom. The van der Waals surface area contributed by atoms with Crippen molar-refractivity contribution in [2.45, 2.75) is 19.4 Å². The lowest BCUT2D eigenvalue weighted by Gasteiger charge is -2.41. The summed E-state index contributed by atoms with van der Waals surface area (Å²) in [4.78, 5) is 4.61. The van der Waals surface area contributed by atoms with Gasteiger partial charge in [0.1, 0.15) is 0 Å². The van der Waals surface area contributed by atoms with E-state index < -0.39 is 0 Å². The van der Waals surface area contributed by atoms with Crippen LogP contribution in [0, 0.1) is 0 Å². The number of aryl methyl sites for hydroxylation is 1. The van der Waals surface area contributed by atoms with Crippen molar-refractivity contribution in [2.24, 2.45) is 5.73 Å². The summed E-state index contributed by atoms with van der Waals surface area (Å²) in [6, 6.07) is 7.14. The summed E-state index contributed by atoms with van der Waals surface area (Å²) in [7, 11) is 4.28. The Labute approximate surface area is 97.8 Å². The molecule has 1 unspecified atom stereocenters. The minimum atomic E-state index is 0.421. The fourth-order valence-electron chi connectivity index (χ4n) is 2.36. The number of benzene rings is 1. The zero-order valence-corrected chi connectivity index (χ0v) is 10.4.